The second kappa shape index (κ2) is 6.86. The van der Waals surface area contributed by atoms with Crippen molar-refractivity contribution in [1.29, 1.82) is 0 Å². The van der Waals surface area contributed by atoms with Gasteiger partial charge in [-0.2, -0.15) is 0 Å². The van der Waals surface area contributed by atoms with Crippen molar-refractivity contribution in [2.24, 2.45) is 0 Å². The Labute approximate surface area is 123 Å². The number of thiazole rings is 1. The number of amides is 2. The molecule has 1 aromatic carbocycles. The molecule has 0 radical (unpaired) electrons. The Balaban J connectivity index is 1.98. The Morgan fingerprint density at radius 1 is 1.43 bits per heavy atom. The molecular weight excluding hydrogens is 298 g/mol. The molecule has 1 heterocycles. The van der Waals surface area contributed by atoms with Crippen LogP contribution in [0.25, 0.3) is 10.2 Å². The average molecular weight is 311 g/mol. The van der Waals surface area contributed by atoms with Crippen LogP contribution in [0.4, 0.5) is 9.93 Å². The number of hydrogen-bond donors (Lipinski definition) is 3. The lowest BCUT2D eigenvalue weighted by Gasteiger charge is -2.02. The number of urea groups is 1. The van der Waals surface area contributed by atoms with Gasteiger partial charge >= 0.3 is 12.0 Å². The molecule has 0 spiro atoms. The number of nitrogens with zero attached hydrogens (tertiary/aromatic N) is 1. The van der Waals surface area contributed by atoms with Crippen LogP contribution in [0.5, 0.6) is 5.75 Å². The van der Waals surface area contributed by atoms with E-state index in [9.17, 15) is 9.59 Å². The van der Waals surface area contributed by atoms with E-state index in [1.807, 2.05) is 18.5 Å². The van der Waals surface area contributed by atoms with Gasteiger partial charge in [-0.3, -0.25) is 10.2 Å². The van der Waals surface area contributed by atoms with Gasteiger partial charge in [0.05, 0.1) is 16.8 Å². The zero-order valence-electron chi connectivity index (χ0n) is 11.1. The number of carboxylic acids is 1. The normalized spacial score (nSPS) is 10.3. The number of carbonyl (C=O) groups is 2. The molecule has 0 aliphatic carbocycles. The number of carboxylic acid groups (broad SMARTS) is 1. The number of aromatic nitrogens is 1. The van der Waals surface area contributed by atoms with E-state index in [4.69, 9.17) is 9.84 Å². The summed E-state index contributed by atoms with van der Waals surface area (Å²) in [5, 5.41) is 11.2. The molecule has 2 rings (SSSR count). The molecule has 1 aromatic heterocycles. The molecule has 21 heavy (non-hydrogen) atoms. The Bertz CT molecular complexity index is 657. The minimum Gasteiger partial charge on any atom is -0.494 e. The van der Waals surface area contributed by atoms with Gasteiger partial charge in [0, 0.05) is 0 Å². The van der Waals surface area contributed by atoms with Gasteiger partial charge in [0.15, 0.2) is 11.7 Å². The second-order valence-corrected chi connectivity index (χ2v) is 4.85. The molecule has 8 nitrogen and oxygen atoms in total. The summed E-state index contributed by atoms with van der Waals surface area (Å²) in [6.45, 7) is 1.84. The molecular formula is C12H13N3O5S. The fraction of sp³-hybridized carbons (Fsp3) is 0.250. The van der Waals surface area contributed by atoms with Crippen molar-refractivity contribution in [2.75, 3.05) is 18.5 Å². The van der Waals surface area contributed by atoms with E-state index < -0.39 is 18.6 Å². The van der Waals surface area contributed by atoms with Gasteiger partial charge in [0.2, 0.25) is 0 Å². The van der Waals surface area contributed by atoms with Crippen LogP contribution in [-0.2, 0) is 9.63 Å². The summed E-state index contributed by atoms with van der Waals surface area (Å²) in [4.78, 5) is 30.3. The number of carbonyl (C=O) groups excluding carboxylic acids is 1. The first-order valence-corrected chi connectivity index (χ1v) is 6.84. The molecule has 0 unspecified atom stereocenters. The summed E-state index contributed by atoms with van der Waals surface area (Å²) in [7, 11) is 0. The lowest BCUT2D eigenvalue weighted by atomic mass is 10.3. The first-order valence-electron chi connectivity index (χ1n) is 6.02. The minimum absolute atomic E-state index is 0.370. The third-order valence-electron chi connectivity index (χ3n) is 2.25. The molecule has 0 aliphatic rings. The van der Waals surface area contributed by atoms with Gasteiger partial charge in [0.1, 0.15) is 5.75 Å². The number of ether oxygens (including phenoxy) is 1. The Kier molecular flexibility index (Phi) is 4.90. The summed E-state index contributed by atoms with van der Waals surface area (Å²) >= 11 is 1.27. The van der Waals surface area contributed by atoms with E-state index in [0.717, 1.165) is 16.0 Å². The molecule has 0 bridgehead atoms. The van der Waals surface area contributed by atoms with Gasteiger partial charge in [-0.1, -0.05) is 11.3 Å². The molecule has 0 atom stereocenters. The third kappa shape index (κ3) is 4.29. The van der Waals surface area contributed by atoms with Crippen LogP contribution in [0, 0.1) is 0 Å². The fourth-order valence-electron chi connectivity index (χ4n) is 1.50. The number of anilines is 1. The van der Waals surface area contributed by atoms with Crippen LogP contribution in [0.2, 0.25) is 0 Å². The van der Waals surface area contributed by atoms with Gasteiger partial charge in [-0.05, 0) is 25.1 Å². The molecule has 3 N–H and O–H groups in total. The van der Waals surface area contributed by atoms with E-state index in [1.54, 1.807) is 12.1 Å². The molecule has 9 heteroatoms. The molecule has 2 amide bonds. The molecule has 2 aromatic rings. The number of hydroxylamine groups is 1. The van der Waals surface area contributed by atoms with Crippen LogP contribution < -0.4 is 15.5 Å². The first kappa shape index (κ1) is 15.0. The zero-order valence-corrected chi connectivity index (χ0v) is 11.9. The van der Waals surface area contributed by atoms with E-state index in [-0.39, 0.29) is 0 Å². The Hall–Kier alpha value is -2.39. The lowest BCUT2D eigenvalue weighted by molar-refractivity contribution is -0.143. The van der Waals surface area contributed by atoms with E-state index in [0.29, 0.717) is 11.7 Å². The topological polar surface area (TPSA) is 110 Å². The zero-order chi connectivity index (χ0) is 15.2. The number of hydrogen-bond acceptors (Lipinski definition) is 6. The molecule has 0 fully saturated rings. The number of nitrogens with one attached hydrogen (secondary N) is 2. The maximum absolute atomic E-state index is 11.4. The van der Waals surface area contributed by atoms with Gasteiger partial charge in [-0.15, -0.1) is 0 Å². The number of benzene rings is 1. The van der Waals surface area contributed by atoms with Crippen LogP contribution in [-0.4, -0.2) is 35.3 Å². The summed E-state index contributed by atoms with van der Waals surface area (Å²) in [5.41, 5.74) is 2.68. The number of rotatable bonds is 6. The molecule has 112 valence electrons. The second-order valence-electron chi connectivity index (χ2n) is 3.82. The maximum Gasteiger partial charge on any atom is 0.344 e. The highest BCUT2D eigenvalue weighted by Gasteiger charge is 2.09. The van der Waals surface area contributed by atoms with Crippen molar-refractivity contribution in [2.45, 2.75) is 6.92 Å². The Morgan fingerprint density at radius 3 is 2.95 bits per heavy atom. The molecule has 0 aliphatic heterocycles. The third-order valence-corrected chi connectivity index (χ3v) is 3.19. The Morgan fingerprint density at radius 2 is 2.24 bits per heavy atom. The number of fused-ring (bicyclic) bond motifs is 1. The van der Waals surface area contributed by atoms with Gasteiger partial charge < -0.3 is 9.84 Å². The van der Waals surface area contributed by atoms with Crippen LogP contribution in [0.3, 0.4) is 0 Å². The van der Waals surface area contributed by atoms with E-state index in [1.165, 1.54) is 11.3 Å². The minimum atomic E-state index is -1.18. The SMILES string of the molecule is CCOc1ccc2nc(NC(=O)NOCC(=O)O)sc2c1. The molecule has 0 saturated carbocycles. The van der Waals surface area contributed by atoms with Gasteiger partial charge in [-0.25, -0.2) is 20.1 Å². The predicted molar refractivity (Wildman–Crippen MR) is 76.5 cm³/mol. The van der Waals surface area contributed by atoms with Crippen molar-refractivity contribution in [3.8, 4) is 5.75 Å². The van der Waals surface area contributed by atoms with Gasteiger partial charge in [0.25, 0.3) is 0 Å². The summed E-state index contributed by atoms with van der Waals surface area (Å²) < 4.78 is 6.25. The molecule has 0 saturated heterocycles. The van der Waals surface area contributed by atoms with Crippen molar-refractivity contribution in [3.63, 3.8) is 0 Å². The average Bonchev–Trinajstić information content (AvgIpc) is 2.80. The largest absolute Gasteiger partial charge is 0.494 e. The van der Waals surface area contributed by atoms with Crippen LogP contribution in [0.15, 0.2) is 18.2 Å². The highest BCUT2D eigenvalue weighted by Crippen LogP contribution is 2.29. The van der Waals surface area contributed by atoms with Crippen molar-refractivity contribution in [3.05, 3.63) is 18.2 Å². The quantitative estimate of drug-likeness (QED) is 0.702. The summed E-state index contributed by atoms with van der Waals surface area (Å²) in [5.74, 6) is -0.451. The first-order chi connectivity index (χ1) is 10.1. The smallest absolute Gasteiger partial charge is 0.344 e. The van der Waals surface area contributed by atoms with Crippen molar-refractivity contribution in [1.82, 2.24) is 10.5 Å². The van der Waals surface area contributed by atoms with Crippen molar-refractivity contribution >= 4 is 38.7 Å². The van der Waals surface area contributed by atoms with Crippen LogP contribution in [0.1, 0.15) is 6.92 Å². The highest BCUT2D eigenvalue weighted by atomic mass is 32.1. The van der Waals surface area contributed by atoms with E-state index >= 15 is 0 Å². The standard InChI is InChI=1S/C12H13N3O5S/c1-2-19-7-3-4-8-9(5-7)21-12(13-8)14-11(18)15-20-6-10(16)17/h3-5H,2,6H2,1H3,(H,16,17)(H2,13,14,15,18). The summed E-state index contributed by atoms with van der Waals surface area (Å²) in [6, 6.07) is 4.73. The fourth-order valence-corrected chi connectivity index (χ4v) is 2.39. The summed E-state index contributed by atoms with van der Waals surface area (Å²) in [6.07, 6.45) is 0. The monoisotopic (exact) mass is 311 g/mol. The predicted octanol–water partition coefficient (Wildman–Crippen LogP) is 1.83. The van der Waals surface area contributed by atoms with E-state index in [2.05, 4.69) is 15.1 Å². The van der Waals surface area contributed by atoms with Crippen LogP contribution >= 0.6 is 11.3 Å². The number of aliphatic carboxylic acids is 1. The highest BCUT2D eigenvalue weighted by molar-refractivity contribution is 7.22. The lowest BCUT2D eigenvalue weighted by Crippen LogP contribution is -2.30. The maximum atomic E-state index is 11.4. The van der Waals surface area contributed by atoms with Crippen molar-refractivity contribution < 1.29 is 24.3 Å².